The number of rotatable bonds is 4. The lowest BCUT2D eigenvalue weighted by Gasteiger charge is -2.12. The third kappa shape index (κ3) is 3.22. The van der Waals surface area contributed by atoms with Crippen LogP contribution in [0.2, 0.25) is 0 Å². The maximum Gasteiger partial charge on any atom is 0.224 e. The summed E-state index contributed by atoms with van der Waals surface area (Å²) in [5, 5.41) is 2.74. The lowest BCUT2D eigenvalue weighted by atomic mass is 10.1. The predicted octanol–water partition coefficient (Wildman–Crippen LogP) is 3.17. The van der Waals surface area contributed by atoms with Crippen molar-refractivity contribution in [1.82, 2.24) is 0 Å². The summed E-state index contributed by atoms with van der Waals surface area (Å²) >= 11 is 4.26. The Morgan fingerprint density at radius 2 is 2.18 bits per heavy atom. The molecule has 0 radical (unpaired) electrons. The number of carbonyl (C=O) groups is 1. The molecule has 0 aliphatic heterocycles. The van der Waals surface area contributed by atoms with E-state index < -0.39 is 0 Å². The Labute approximate surface area is 106 Å². The maximum atomic E-state index is 13.1. The second-order valence-corrected chi connectivity index (χ2v) is 5.22. The van der Waals surface area contributed by atoms with Gasteiger partial charge in [-0.2, -0.15) is 12.6 Å². The van der Waals surface area contributed by atoms with E-state index in [1.807, 2.05) is 0 Å². The van der Waals surface area contributed by atoms with E-state index in [-0.39, 0.29) is 17.1 Å². The SMILES string of the molecule is Cc1cc(F)cc(NC(=O)CC2(CS)CC2)c1. The number of anilines is 1. The van der Waals surface area contributed by atoms with Gasteiger partial charge in [-0.3, -0.25) is 4.79 Å². The molecule has 2 nitrogen and oxygen atoms in total. The van der Waals surface area contributed by atoms with Gasteiger partial charge in [0.1, 0.15) is 5.82 Å². The first-order valence-corrected chi connectivity index (χ1v) is 6.34. The third-order valence-corrected chi connectivity index (χ3v) is 3.82. The fourth-order valence-electron chi connectivity index (χ4n) is 1.92. The highest BCUT2D eigenvalue weighted by atomic mass is 32.1. The van der Waals surface area contributed by atoms with E-state index in [2.05, 4.69) is 17.9 Å². The van der Waals surface area contributed by atoms with Crippen molar-refractivity contribution in [3.8, 4) is 0 Å². The number of aryl methyl sites for hydroxylation is 1. The average Bonchev–Trinajstić information content (AvgIpc) is 2.96. The fourth-order valence-corrected chi connectivity index (χ4v) is 2.35. The number of hydrogen-bond acceptors (Lipinski definition) is 2. The largest absolute Gasteiger partial charge is 0.326 e. The van der Waals surface area contributed by atoms with E-state index in [0.29, 0.717) is 12.1 Å². The Morgan fingerprint density at radius 3 is 2.71 bits per heavy atom. The molecule has 0 spiro atoms. The van der Waals surface area contributed by atoms with Crippen LogP contribution in [-0.4, -0.2) is 11.7 Å². The molecular weight excluding hydrogens is 237 g/mol. The quantitative estimate of drug-likeness (QED) is 0.793. The fraction of sp³-hybridized carbons (Fsp3) is 0.462. The van der Waals surface area contributed by atoms with Crippen LogP contribution in [0.4, 0.5) is 10.1 Å². The lowest BCUT2D eigenvalue weighted by Crippen LogP contribution is -2.18. The second kappa shape index (κ2) is 4.69. The van der Waals surface area contributed by atoms with E-state index in [4.69, 9.17) is 0 Å². The number of amides is 1. The van der Waals surface area contributed by atoms with Gasteiger partial charge in [0.2, 0.25) is 5.91 Å². The van der Waals surface area contributed by atoms with Gasteiger partial charge in [0.05, 0.1) is 0 Å². The second-order valence-electron chi connectivity index (χ2n) is 4.90. The molecule has 1 fully saturated rings. The maximum absolute atomic E-state index is 13.1. The number of thiol groups is 1. The Kier molecular flexibility index (Phi) is 3.43. The van der Waals surface area contributed by atoms with E-state index in [1.165, 1.54) is 12.1 Å². The number of carbonyl (C=O) groups excluding carboxylic acids is 1. The van der Waals surface area contributed by atoms with Crippen LogP contribution in [0.15, 0.2) is 18.2 Å². The molecule has 1 N–H and O–H groups in total. The van der Waals surface area contributed by atoms with Gasteiger partial charge < -0.3 is 5.32 Å². The summed E-state index contributed by atoms with van der Waals surface area (Å²) in [6.07, 6.45) is 2.60. The highest BCUT2D eigenvalue weighted by Gasteiger charge is 2.42. The summed E-state index contributed by atoms with van der Waals surface area (Å²) in [5.74, 6) is 0.361. The van der Waals surface area contributed by atoms with Crippen molar-refractivity contribution in [2.24, 2.45) is 5.41 Å². The van der Waals surface area contributed by atoms with Gasteiger partial charge in [0.25, 0.3) is 0 Å². The monoisotopic (exact) mass is 253 g/mol. The lowest BCUT2D eigenvalue weighted by molar-refractivity contribution is -0.117. The predicted molar refractivity (Wildman–Crippen MR) is 69.9 cm³/mol. The van der Waals surface area contributed by atoms with Crippen molar-refractivity contribution in [2.75, 3.05) is 11.1 Å². The summed E-state index contributed by atoms with van der Waals surface area (Å²) < 4.78 is 13.1. The molecule has 2 rings (SSSR count). The van der Waals surface area contributed by atoms with Crippen LogP contribution in [-0.2, 0) is 4.79 Å². The molecule has 0 unspecified atom stereocenters. The Bertz CT molecular complexity index is 423. The number of halogens is 1. The van der Waals surface area contributed by atoms with Gasteiger partial charge in [0.15, 0.2) is 0 Å². The highest BCUT2D eigenvalue weighted by molar-refractivity contribution is 7.80. The molecule has 1 saturated carbocycles. The Morgan fingerprint density at radius 1 is 1.47 bits per heavy atom. The first-order valence-electron chi connectivity index (χ1n) is 5.71. The van der Waals surface area contributed by atoms with Crippen molar-refractivity contribution in [3.05, 3.63) is 29.6 Å². The summed E-state index contributed by atoms with van der Waals surface area (Å²) in [5.41, 5.74) is 1.42. The minimum absolute atomic E-state index is 0.0541. The molecule has 4 heteroatoms. The first-order chi connectivity index (χ1) is 8.03. The molecule has 1 aromatic carbocycles. The van der Waals surface area contributed by atoms with E-state index in [0.717, 1.165) is 24.2 Å². The van der Waals surface area contributed by atoms with Crippen LogP contribution >= 0.6 is 12.6 Å². The normalized spacial score (nSPS) is 16.6. The van der Waals surface area contributed by atoms with Gasteiger partial charge in [-0.1, -0.05) is 0 Å². The van der Waals surface area contributed by atoms with Crippen LogP contribution in [0.25, 0.3) is 0 Å². The minimum Gasteiger partial charge on any atom is -0.326 e. The smallest absolute Gasteiger partial charge is 0.224 e. The van der Waals surface area contributed by atoms with Crippen LogP contribution in [0.3, 0.4) is 0 Å². The number of benzene rings is 1. The zero-order chi connectivity index (χ0) is 12.5. The van der Waals surface area contributed by atoms with Gasteiger partial charge in [-0.15, -0.1) is 0 Å². The molecule has 0 atom stereocenters. The Balaban J connectivity index is 1.98. The van der Waals surface area contributed by atoms with Gasteiger partial charge in [0, 0.05) is 12.1 Å². The molecule has 1 amide bonds. The van der Waals surface area contributed by atoms with Crippen LogP contribution in [0, 0.1) is 18.2 Å². The molecule has 1 aliphatic carbocycles. The van der Waals surface area contributed by atoms with Crippen molar-refractivity contribution < 1.29 is 9.18 Å². The zero-order valence-electron chi connectivity index (χ0n) is 9.79. The summed E-state index contributed by atoms with van der Waals surface area (Å²) in [4.78, 5) is 11.8. The summed E-state index contributed by atoms with van der Waals surface area (Å²) in [7, 11) is 0. The molecule has 92 valence electrons. The molecule has 0 bridgehead atoms. The molecule has 1 aliphatic rings. The average molecular weight is 253 g/mol. The minimum atomic E-state index is -0.323. The molecule has 1 aromatic rings. The van der Waals surface area contributed by atoms with E-state index >= 15 is 0 Å². The molecule has 0 heterocycles. The first kappa shape index (κ1) is 12.4. The number of hydrogen-bond donors (Lipinski definition) is 2. The van der Waals surface area contributed by atoms with E-state index in [9.17, 15) is 9.18 Å². The molecular formula is C13H16FNOS. The highest BCUT2D eigenvalue weighted by Crippen LogP contribution is 2.49. The Hall–Kier alpha value is -1.03. The van der Waals surface area contributed by atoms with Gasteiger partial charge >= 0.3 is 0 Å². The summed E-state index contributed by atoms with van der Waals surface area (Å²) in [6, 6.07) is 4.54. The molecule has 0 aromatic heterocycles. The van der Waals surface area contributed by atoms with Crippen molar-refractivity contribution in [1.29, 1.82) is 0 Å². The topological polar surface area (TPSA) is 29.1 Å². The van der Waals surface area contributed by atoms with E-state index in [1.54, 1.807) is 13.0 Å². The molecule has 0 saturated heterocycles. The van der Waals surface area contributed by atoms with Crippen molar-refractivity contribution in [2.45, 2.75) is 26.2 Å². The van der Waals surface area contributed by atoms with Crippen molar-refractivity contribution >= 4 is 24.2 Å². The van der Waals surface area contributed by atoms with Crippen molar-refractivity contribution in [3.63, 3.8) is 0 Å². The molecule has 17 heavy (non-hydrogen) atoms. The summed E-state index contributed by atoms with van der Waals surface area (Å²) in [6.45, 7) is 1.80. The number of nitrogens with one attached hydrogen (secondary N) is 1. The van der Waals surface area contributed by atoms with Gasteiger partial charge in [-0.05, 0) is 54.7 Å². The third-order valence-electron chi connectivity index (χ3n) is 3.15. The zero-order valence-corrected chi connectivity index (χ0v) is 10.7. The standard InChI is InChI=1S/C13H16FNOS/c1-9-4-10(14)6-11(5-9)15-12(16)7-13(8-17)2-3-13/h4-6,17H,2-3,7-8H2,1H3,(H,15,16). The van der Waals surface area contributed by atoms with Gasteiger partial charge in [-0.25, -0.2) is 4.39 Å². The van der Waals surface area contributed by atoms with Crippen LogP contribution in [0.5, 0.6) is 0 Å². The van der Waals surface area contributed by atoms with Crippen LogP contribution in [0.1, 0.15) is 24.8 Å². The van der Waals surface area contributed by atoms with Crippen LogP contribution < -0.4 is 5.32 Å².